The maximum absolute atomic E-state index is 7.15. The number of benzene rings is 6. The van der Waals surface area contributed by atoms with Crippen molar-refractivity contribution in [1.29, 1.82) is 0 Å². The number of rotatable bonds is 7. The SMILES string of the molecule is Cc1ccc(N(c2ccc(Cl)cc2)c2ccc(-c3c(Cl)c(Cl)c([C](c4c(Cl)c(Cl)c(Cl)c(Cl)c4Cl)c4c(Cl)c(Cl)c(Cl)c(Cl)c4Cl)c(Cl)c3Cl)cc2)cc1. The third kappa shape index (κ3) is 7.82. The molecule has 0 amide bonds. The maximum Gasteiger partial charge on any atom is 0.0809 e. The fourth-order valence-electron chi connectivity index (χ4n) is 5.64. The van der Waals surface area contributed by atoms with Crippen molar-refractivity contribution in [3.8, 4) is 11.1 Å². The summed E-state index contributed by atoms with van der Waals surface area (Å²) in [7, 11) is 0. The highest BCUT2D eigenvalue weighted by atomic mass is 35.5. The molecular formula is C38H15Cl15N. The topological polar surface area (TPSA) is 3.24 Å². The van der Waals surface area contributed by atoms with Crippen molar-refractivity contribution in [3.63, 3.8) is 0 Å². The number of anilines is 3. The van der Waals surface area contributed by atoms with E-state index in [1.54, 1.807) is 0 Å². The Kier molecular flexibility index (Phi) is 13.8. The average molecular weight is 1020 g/mol. The van der Waals surface area contributed by atoms with Gasteiger partial charge in [0.2, 0.25) is 0 Å². The Labute approximate surface area is 386 Å². The first-order valence-corrected chi connectivity index (χ1v) is 20.6. The van der Waals surface area contributed by atoms with Gasteiger partial charge in [0, 0.05) is 44.3 Å². The van der Waals surface area contributed by atoms with Crippen LogP contribution in [0.4, 0.5) is 17.1 Å². The molecule has 6 aromatic rings. The zero-order chi connectivity index (χ0) is 39.5. The molecule has 6 rings (SSSR count). The molecule has 0 aliphatic heterocycles. The summed E-state index contributed by atoms with van der Waals surface area (Å²) in [6.45, 7) is 2.02. The number of aryl methyl sites for hydroxylation is 1. The minimum atomic E-state index is -0.168. The van der Waals surface area contributed by atoms with Crippen LogP contribution in [0.2, 0.25) is 75.3 Å². The van der Waals surface area contributed by atoms with Crippen LogP contribution in [0.15, 0.2) is 72.8 Å². The van der Waals surface area contributed by atoms with Gasteiger partial charge < -0.3 is 4.90 Å². The monoisotopic (exact) mass is 1010 g/mol. The van der Waals surface area contributed by atoms with E-state index in [2.05, 4.69) is 4.90 Å². The summed E-state index contributed by atoms with van der Waals surface area (Å²) in [5, 5.41) is -1.14. The lowest BCUT2D eigenvalue weighted by Gasteiger charge is -2.28. The quantitative estimate of drug-likeness (QED) is 0.0875. The Hall–Kier alpha value is -0.530. The highest BCUT2D eigenvalue weighted by molar-refractivity contribution is 6.58. The molecule has 16 heteroatoms. The molecule has 0 aromatic heterocycles. The van der Waals surface area contributed by atoms with Gasteiger partial charge in [-0.3, -0.25) is 0 Å². The summed E-state index contributed by atoms with van der Waals surface area (Å²) < 4.78 is 0. The molecule has 0 aliphatic carbocycles. The zero-order valence-corrected chi connectivity index (χ0v) is 37.9. The molecule has 0 aliphatic rings. The van der Waals surface area contributed by atoms with Crippen LogP contribution in [0.1, 0.15) is 22.3 Å². The molecule has 1 radical (unpaired) electrons. The molecule has 0 fully saturated rings. The first-order chi connectivity index (χ1) is 25.5. The second-order valence-corrected chi connectivity index (χ2v) is 17.2. The van der Waals surface area contributed by atoms with Crippen molar-refractivity contribution < 1.29 is 0 Å². The van der Waals surface area contributed by atoms with E-state index >= 15 is 0 Å². The van der Waals surface area contributed by atoms with Crippen LogP contribution < -0.4 is 4.90 Å². The van der Waals surface area contributed by atoms with Crippen molar-refractivity contribution in [3.05, 3.63) is 176 Å². The van der Waals surface area contributed by atoms with Gasteiger partial charge in [-0.2, -0.15) is 0 Å². The van der Waals surface area contributed by atoms with Crippen molar-refractivity contribution in [2.75, 3.05) is 4.90 Å². The number of hydrogen-bond donors (Lipinski definition) is 0. The first kappa shape index (κ1) is 43.1. The first-order valence-electron chi connectivity index (χ1n) is 15.0. The molecule has 0 atom stereocenters. The van der Waals surface area contributed by atoms with Gasteiger partial charge in [-0.1, -0.05) is 204 Å². The summed E-state index contributed by atoms with van der Waals surface area (Å²) >= 11 is 101. The van der Waals surface area contributed by atoms with E-state index in [-0.39, 0.29) is 92.9 Å². The zero-order valence-electron chi connectivity index (χ0n) is 26.5. The van der Waals surface area contributed by atoms with E-state index in [1.807, 2.05) is 79.7 Å². The van der Waals surface area contributed by atoms with Crippen LogP contribution >= 0.6 is 174 Å². The minimum Gasteiger partial charge on any atom is -0.311 e. The lowest BCUT2D eigenvalue weighted by Crippen LogP contribution is -2.12. The van der Waals surface area contributed by atoms with Gasteiger partial charge in [0.05, 0.1) is 76.2 Å². The van der Waals surface area contributed by atoms with Crippen LogP contribution in [0, 0.1) is 12.8 Å². The number of halogens is 15. The highest BCUT2D eigenvalue weighted by Gasteiger charge is 2.38. The predicted molar refractivity (Wildman–Crippen MR) is 240 cm³/mol. The van der Waals surface area contributed by atoms with Gasteiger partial charge in [0.25, 0.3) is 0 Å². The molecular weight excluding hydrogens is 1000 g/mol. The normalized spacial score (nSPS) is 11.5. The van der Waals surface area contributed by atoms with Gasteiger partial charge in [-0.15, -0.1) is 0 Å². The second-order valence-electron chi connectivity index (χ2n) is 11.5. The van der Waals surface area contributed by atoms with Crippen LogP contribution in [-0.2, 0) is 0 Å². The van der Waals surface area contributed by atoms with E-state index < -0.39 is 0 Å². The van der Waals surface area contributed by atoms with Gasteiger partial charge in [-0.25, -0.2) is 0 Å². The summed E-state index contributed by atoms with van der Waals surface area (Å²) in [6.07, 6.45) is 0. The van der Waals surface area contributed by atoms with Crippen molar-refractivity contribution in [1.82, 2.24) is 0 Å². The lowest BCUT2D eigenvalue weighted by atomic mass is 9.83. The van der Waals surface area contributed by atoms with Crippen molar-refractivity contribution in [2.45, 2.75) is 6.92 Å². The molecule has 0 bridgehead atoms. The number of hydrogen-bond acceptors (Lipinski definition) is 1. The molecule has 54 heavy (non-hydrogen) atoms. The summed E-state index contributed by atoms with van der Waals surface area (Å²) in [6, 6.07) is 23.1. The largest absolute Gasteiger partial charge is 0.311 e. The molecule has 0 saturated heterocycles. The van der Waals surface area contributed by atoms with E-state index in [4.69, 9.17) is 174 Å². The Bertz CT molecular complexity index is 2240. The Morgan fingerprint density at radius 2 is 0.611 bits per heavy atom. The van der Waals surface area contributed by atoms with Crippen molar-refractivity contribution >= 4 is 191 Å². The molecule has 0 spiro atoms. The molecule has 0 heterocycles. The Morgan fingerprint density at radius 3 is 0.963 bits per heavy atom. The number of nitrogens with zero attached hydrogens (tertiary/aromatic N) is 1. The van der Waals surface area contributed by atoms with E-state index in [9.17, 15) is 0 Å². The summed E-state index contributed by atoms with van der Waals surface area (Å²) in [4.78, 5) is 2.07. The van der Waals surface area contributed by atoms with Gasteiger partial charge in [-0.05, 0) is 61.0 Å². The van der Waals surface area contributed by atoms with Gasteiger partial charge >= 0.3 is 0 Å². The minimum absolute atomic E-state index is 0.00351. The molecule has 6 aromatic carbocycles. The third-order valence-corrected chi connectivity index (χ3v) is 14.7. The second kappa shape index (κ2) is 17.4. The Morgan fingerprint density at radius 1 is 0.333 bits per heavy atom. The van der Waals surface area contributed by atoms with E-state index in [0.717, 1.165) is 22.6 Å². The molecule has 0 saturated carbocycles. The van der Waals surface area contributed by atoms with Gasteiger partial charge in [0.1, 0.15) is 0 Å². The van der Waals surface area contributed by atoms with Crippen LogP contribution in [0.5, 0.6) is 0 Å². The maximum atomic E-state index is 7.15. The predicted octanol–water partition coefficient (Wildman–Crippen LogP) is 20.0. The van der Waals surface area contributed by atoms with Crippen LogP contribution in [0.25, 0.3) is 11.1 Å². The standard InChI is InChI=1S/C38H15Cl15N/c1-14-2-8-17(9-3-14)54(19-12-6-16(39)7-13-19)18-10-4-15(5-11-18)20-25(40)27(42)22(28(43)26(20)41)21(23-29(44)33(48)37(52)34(49)30(23)45)24-31(46)35(50)38(53)36(51)32(24)47/h2-13H,1H3. The van der Waals surface area contributed by atoms with Crippen LogP contribution in [-0.4, -0.2) is 0 Å². The van der Waals surface area contributed by atoms with Crippen LogP contribution in [0.3, 0.4) is 0 Å². The summed E-state index contributed by atoms with van der Waals surface area (Å²) in [5.74, 6) is -0.0293. The third-order valence-electron chi connectivity index (χ3n) is 8.22. The van der Waals surface area contributed by atoms with E-state index in [1.165, 1.54) is 0 Å². The van der Waals surface area contributed by atoms with E-state index in [0.29, 0.717) is 16.1 Å². The molecule has 0 unspecified atom stereocenters. The van der Waals surface area contributed by atoms with Crippen molar-refractivity contribution in [2.24, 2.45) is 0 Å². The molecule has 1 nitrogen and oxygen atoms in total. The highest BCUT2D eigenvalue weighted by Crippen LogP contribution is 2.58. The average Bonchev–Trinajstić information content (AvgIpc) is 3.16. The fourth-order valence-corrected chi connectivity index (χ4v) is 9.68. The molecule has 0 N–H and O–H groups in total. The lowest BCUT2D eigenvalue weighted by molar-refractivity contribution is 1.23. The smallest absolute Gasteiger partial charge is 0.0809 e. The Balaban J connectivity index is 1.58. The van der Waals surface area contributed by atoms with Gasteiger partial charge in [0.15, 0.2) is 0 Å². The summed E-state index contributed by atoms with van der Waals surface area (Å²) in [5.41, 5.74) is 4.53. The molecule has 277 valence electrons. The fraction of sp³-hybridized carbons (Fsp3) is 0.0263.